The summed E-state index contributed by atoms with van der Waals surface area (Å²) in [4.78, 5) is 12.0. The predicted octanol–water partition coefficient (Wildman–Crippen LogP) is 4.04. The van der Waals surface area contributed by atoms with Gasteiger partial charge in [-0.1, -0.05) is 13.3 Å². The first-order valence-electron chi connectivity index (χ1n) is 8.50. The number of thiazole rings is 1. The molecular weight excluding hydrogens is 292 g/mol. The third-order valence-electron chi connectivity index (χ3n) is 4.43. The Hall–Kier alpha value is -1.20. The minimum atomic E-state index is 0.444. The van der Waals surface area contributed by atoms with Crippen LogP contribution in [0.3, 0.4) is 0 Å². The Kier molecular flexibility index (Phi) is 5.26. The molecular formula is C17H26N4S. The lowest BCUT2D eigenvalue weighted by Gasteiger charge is -2.35. The average molecular weight is 318 g/mol. The van der Waals surface area contributed by atoms with Crippen LogP contribution in [0.5, 0.6) is 0 Å². The highest BCUT2D eigenvalue weighted by molar-refractivity contribution is 7.09. The molecule has 5 heteroatoms. The van der Waals surface area contributed by atoms with Crippen molar-refractivity contribution >= 4 is 11.3 Å². The summed E-state index contributed by atoms with van der Waals surface area (Å²) in [7, 11) is 0. The largest absolute Gasteiger partial charge is 0.334 e. The van der Waals surface area contributed by atoms with Crippen LogP contribution in [0.25, 0.3) is 0 Å². The van der Waals surface area contributed by atoms with Crippen molar-refractivity contribution in [3.8, 4) is 0 Å². The number of hydrogen-bond acceptors (Lipinski definition) is 4. The van der Waals surface area contributed by atoms with Crippen molar-refractivity contribution < 1.29 is 0 Å². The fourth-order valence-corrected chi connectivity index (χ4v) is 4.21. The molecule has 1 aliphatic heterocycles. The quantitative estimate of drug-likeness (QED) is 0.806. The van der Waals surface area contributed by atoms with Gasteiger partial charge in [-0.25, -0.2) is 9.97 Å². The second-order valence-electron chi connectivity index (χ2n) is 6.04. The number of nitrogens with zero attached hydrogens (tertiary/aromatic N) is 4. The lowest BCUT2D eigenvalue weighted by molar-refractivity contribution is 0.129. The molecule has 22 heavy (non-hydrogen) atoms. The van der Waals surface area contributed by atoms with E-state index in [4.69, 9.17) is 4.98 Å². The average Bonchev–Trinajstić information content (AvgIpc) is 3.17. The van der Waals surface area contributed by atoms with Crippen molar-refractivity contribution in [2.75, 3.05) is 6.54 Å². The van der Waals surface area contributed by atoms with Crippen LogP contribution in [0.15, 0.2) is 17.8 Å². The molecule has 3 rings (SSSR count). The summed E-state index contributed by atoms with van der Waals surface area (Å²) in [6.45, 7) is 7.52. The van der Waals surface area contributed by atoms with Gasteiger partial charge >= 0.3 is 0 Å². The van der Waals surface area contributed by atoms with Crippen molar-refractivity contribution in [3.05, 3.63) is 34.3 Å². The van der Waals surface area contributed by atoms with Gasteiger partial charge in [0.1, 0.15) is 5.82 Å². The number of aryl methyl sites for hydroxylation is 2. The van der Waals surface area contributed by atoms with E-state index < -0.39 is 0 Å². The molecule has 0 amide bonds. The molecule has 4 nitrogen and oxygen atoms in total. The molecule has 3 heterocycles. The lowest BCUT2D eigenvalue weighted by atomic mass is 10.0. The van der Waals surface area contributed by atoms with E-state index in [1.54, 1.807) is 0 Å². The fraction of sp³-hybridized carbons (Fsp3) is 0.647. The highest BCUT2D eigenvalue weighted by atomic mass is 32.1. The van der Waals surface area contributed by atoms with Gasteiger partial charge in [0.15, 0.2) is 0 Å². The Morgan fingerprint density at radius 3 is 3.05 bits per heavy atom. The molecule has 1 saturated heterocycles. The number of hydrogen-bond donors (Lipinski definition) is 0. The number of likely N-dealkylation sites (tertiary alicyclic amines) is 1. The Bertz CT molecular complexity index is 589. The summed E-state index contributed by atoms with van der Waals surface area (Å²) in [6.07, 6.45) is 10.1. The molecule has 0 aromatic carbocycles. The molecule has 1 aliphatic rings. The molecule has 2 aromatic rings. The van der Waals surface area contributed by atoms with Crippen LogP contribution in [0.4, 0.5) is 0 Å². The SMILES string of the molecule is CCCc1nc(CN2CCCC[C@H]2c2nccn2CC)cs1. The van der Waals surface area contributed by atoms with Gasteiger partial charge in [-0.2, -0.15) is 0 Å². The van der Waals surface area contributed by atoms with Crippen LogP contribution in [-0.2, 0) is 19.5 Å². The number of piperidine rings is 1. The first kappa shape index (κ1) is 15.7. The molecule has 2 aromatic heterocycles. The van der Waals surface area contributed by atoms with E-state index in [9.17, 15) is 0 Å². The zero-order valence-electron chi connectivity index (χ0n) is 13.7. The van der Waals surface area contributed by atoms with Crippen molar-refractivity contribution in [1.29, 1.82) is 0 Å². The van der Waals surface area contributed by atoms with E-state index in [2.05, 4.69) is 39.9 Å². The van der Waals surface area contributed by atoms with Crippen molar-refractivity contribution in [2.45, 2.75) is 65.1 Å². The predicted molar refractivity (Wildman–Crippen MR) is 91.0 cm³/mol. The maximum absolute atomic E-state index is 4.80. The third-order valence-corrected chi connectivity index (χ3v) is 5.39. The standard InChI is InChI=1S/C17H26N4S/c1-3-7-16-19-14(13-22-16)12-21-10-6-5-8-15(21)17-18-9-11-20(17)4-2/h9,11,13,15H,3-8,10,12H2,1-2H3/t15-/m0/s1. The van der Waals surface area contributed by atoms with Gasteiger partial charge in [0, 0.05) is 30.9 Å². The highest BCUT2D eigenvalue weighted by Gasteiger charge is 2.27. The Morgan fingerprint density at radius 1 is 1.32 bits per heavy atom. The summed E-state index contributed by atoms with van der Waals surface area (Å²) in [6, 6.07) is 0.444. The summed E-state index contributed by atoms with van der Waals surface area (Å²) in [5.41, 5.74) is 1.23. The first-order chi connectivity index (χ1) is 10.8. The minimum Gasteiger partial charge on any atom is -0.334 e. The van der Waals surface area contributed by atoms with E-state index in [1.165, 1.54) is 42.2 Å². The van der Waals surface area contributed by atoms with E-state index in [1.807, 2.05) is 17.5 Å². The molecule has 1 atom stereocenters. The molecule has 0 unspecified atom stereocenters. The van der Waals surface area contributed by atoms with Gasteiger partial charge in [0.2, 0.25) is 0 Å². The highest BCUT2D eigenvalue weighted by Crippen LogP contribution is 2.31. The Balaban J connectivity index is 1.74. The van der Waals surface area contributed by atoms with E-state index >= 15 is 0 Å². The Labute approximate surface area is 137 Å². The van der Waals surface area contributed by atoms with Crippen LogP contribution < -0.4 is 0 Å². The molecule has 0 radical (unpaired) electrons. The number of rotatable bonds is 6. The van der Waals surface area contributed by atoms with Crippen molar-refractivity contribution in [1.82, 2.24) is 19.4 Å². The van der Waals surface area contributed by atoms with Gasteiger partial charge in [0.25, 0.3) is 0 Å². The number of aromatic nitrogens is 3. The zero-order valence-corrected chi connectivity index (χ0v) is 14.5. The second kappa shape index (κ2) is 7.38. The summed E-state index contributed by atoms with van der Waals surface area (Å²) in [5.74, 6) is 1.23. The van der Waals surface area contributed by atoms with E-state index in [-0.39, 0.29) is 0 Å². The summed E-state index contributed by atoms with van der Waals surface area (Å²) < 4.78 is 2.28. The number of imidazole rings is 1. The first-order valence-corrected chi connectivity index (χ1v) is 9.38. The van der Waals surface area contributed by atoms with E-state index in [0.29, 0.717) is 6.04 Å². The molecule has 120 valence electrons. The van der Waals surface area contributed by atoms with Gasteiger partial charge in [0.05, 0.1) is 16.7 Å². The van der Waals surface area contributed by atoms with Gasteiger partial charge in [-0.05, 0) is 39.2 Å². The topological polar surface area (TPSA) is 34.0 Å². The minimum absolute atomic E-state index is 0.444. The van der Waals surface area contributed by atoms with Crippen LogP contribution >= 0.6 is 11.3 Å². The fourth-order valence-electron chi connectivity index (χ4n) is 3.32. The molecule has 0 spiro atoms. The van der Waals surface area contributed by atoms with Crippen LogP contribution in [0, 0.1) is 0 Å². The molecule has 0 N–H and O–H groups in total. The van der Waals surface area contributed by atoms with Crippen molar-refractivity contribution in [2.24, 2.45) is 0 Å². The molecule has 0 saturated carbocycles. The van der Waals surface area contributed by atoms with Crippen LogP contribution in [0.2, 0.25) is 0 Å². The van der Waals surface area contributed by atoms with Crippen molar-refractivity contribution in [3.63, 3.8) is 0 Å². The lowest BCUT2D eigenvalue weighted by Crippen LogP contribution is -2.34. The third kappa shape index (κ3) is 3.41. The van der Waals surface area contributed by atoms with Gasteiger partial charge < -0.3 is 4.57 Å². The summed E-state index contributed by atoms with van der Waals surface area (Å²) in [5, 5.41) is 3.52. The van der Waals surface area contributed by atoms with Gasteiger partial charge in [-0.15, -0.1) is 11.3 Å². The Morgan fingerprint density at radius 2 is 2.23 bits per heavy atom. The zero-order chi connectivity index (χ0) is 15.4. The van der Waals surface area contributed by atoms with Crippen LogP contribution in [-0.4, -0.2) is 26.0 Å². The molecule has 0 bridgehead atoms. The normalized spacial score (nSPS) is 19.6. The van der Waals surface area contributed by atoms with Gasteiger partial charge in [-0.3, -0.25) is 4.90 Å². The summed E-state index contributed by atoms with van der Waals surface area (Å²) >= 11 is 1.81. The maximum Gasteiger partial charge on any atom is 0.126 e. The maximum atomic E-state index is 4.80. The smallest absolute Gasteiger partial charge is 0.126 e. The van der Waals surface area contributed by atoms with E-state index in [0.717, 1.165) is 26.1 Å². The molecule has 0 aliphatic carbocycles. The second-order valence-corrected chi connectivity index (χ2v) is 6.98. The van der Waals surface area contributed by atoms with Crippen LogP contribution in [0.1, 0.15) is 62.1 Å². The molecule has 1 fully saturated rings. The monoisotopic (exact) mass is 318 g/mol.